The van der Waals surface area contributed by atoms with Crippen molar-refractivity contribution in [3.8, 4) is 0 Å². The molecule has 0 aliphatic heterocycles. The lowest BCUT2D eigenvalue weighted by molar-refractivity contribution is 0.0696. The van der Waals surface area contributed by atoms with E-state index in [4.69, 9.17) is 0 Å². The number of aromatic nitrogens is 2. The maximum atomic E-state index is 11.8. The number of H-pyrrole nitrogens is 1. The summed E-state index contributed by atoms with van der Waals surface area (Å²) in [6.07, 6.45) is 0.588. The van der Waals surface area contributed by atoms with E-state index in [9.17, 15) is 19.8 Å². The van der Waals surface area contributed by atoms with Crippen molar-refractivity contribution in [2.75, 3.05) is 7.05 Å². The fourth-order valence-corrected chi connectivity index (χ4v) is 2.57. The lowest BCUT2D eigenvalue weighted by atomic mass is 10.0. The number of carbonyl (C=O) groups excluding carboxylic acids is 1. The second-order valence-electron chi connectivity index (χ2n) is 5.24. The summed E-state index contributed by atoms with van der Waals surface area (Å²) in [5, 5.41) is 23.1. The maximum absolute atomic E-state index is 11.8. The van der Waals surface area contributed by atoms with Crippen molar-refractivity contribution in [1.29, 1.82) is 0 Å². The molecule has 4 N–H and O–H groups in total. The van der Waals surface area contributed by atoms with E-state index in [1.165, 1.54) is 19.2 Å². The molecule has 1 amide bonds. The largest absolute Gasteiger partial charge is 0.478 e. The van der Waals surface area contributed by atoms with E-state index < -0.39 is 18.0 Å². The van der Waals surface area contributed by atoms with Gasteiger partial charge >= 0.3 is 5.97 Å². The van der Waals surface area contributed by atoms with E-state index in [0.29, 0.717) is 5.56 Å². The van der Waals surface area contributed by atoms with Gasteiger partial charge in [0.1, 0.15) is 11.8 Å². The van der Waals surface area contributed by atoms with Gasteiger partial charge in [-0.1, -0.05) is 12.1 Å². The number of rotatable bonds is 4. The zero-order valence-electron chi connectivity index (χ0n) is 12.8. The van der Waals surface area contributed by atoms with Crippen molar-refractivity contribution in [1.82, 2.24) is 15.3 Å². The Morgan fingerprint density at radius 2 is 2.04 bits per heavy atom. The number of nitrogens with zero attached hydrogens (tertiary/aromatic N) is 1. The number of nitrogens with one attached hydrogen (secondary N) is 2. The number of carbonyl (C=O) groups is 2. The first-order valence-corrected chi connectivity index (χ1v) is 7.22. The van der Waals surface area contributed by atoms with Crippen LogP contribution in [0.1, 0.15) is 38.2 Å². The van der Waals surface area contributed by atoms with E-state index in [2.05, 4.69) is 15.3 Å². The van der Waals surface area contributed by atoms with Gasteiger partial charge < -0.3 is 20.5 Å². The number of benzene rings is 1. The minimum Gasteiger partial charge on any atom is -0.478 e. The van der Waals surface area contributed by atoms with Crippen molar-refractivity contribution in [2.45, 2.75) is 6.10 Å². The summed E-state index contributed by atoms with van der Waals surface area (Å²) >= 11 is 0. The lowest BCUT2D eigenvalue weighted by Crippen LogP contribution is -2.21. The van der Waals surface area contributed by atoms with Crippen LogP contribution in [0.2, 0.25) is 0 Å². The summed E-state index contributed by atoms with van der Waals surface area (Å²) in [6, 6.07) is 9.63. The Balaban J connectivity index is 2.13. The van der Waals surface area contributed by atoms with Crippen LogP contribution >= 0.6 is 0 Å². The Kier molecular flexibility index (Phi) is 4.01. The molecule has 0 saturated carbocycles. The molecule has 0 spiro atoms. The molecule has 2 heterocycles. The van der Waals surface area contributed by atoms with Crippen LogP contribution < -0.4 is 5.32 Å². The molecule has 0 radical (unpaired) electrons. The molecular weight excluding hydrogens is 310 g/mol. The van der Waals surface area contributed by atoms with Crippen LogP contribution in [0.15, 0.2) is 42.6 Å². The summed E-state index contributed by atoms with van der Waals surface area (Å²) < 4.78 is 0. The highest BCUT2D eigenvalue weighted by molar-refractivity contribution is 5.96. The fraction of sp³-hybridized carbons (Fsp3) is 0.118. The second kappa shape index (κ2) is 6.13. The highest BCUT2D eigenvalue weighted by Gasteiger charge is 2.20. The van der Waals surface area contributed by atoms with Gasteiger partial charge in [-0.15, -0.1) is 0 Å². The summed E-state index contributed by atoms with van der Waals surface area (Å²) in [7, 11) is 1.42. The van der Waals surface area contributed by atoms with E-state index in [-0.39, 0.29) is 17.0 Å². The Morgan fingerprint density at radius 1 is 1.25 bits per heavy atom. The average Bonchev–Trinajstić information content (AvgIpc) is 3.08. The Bertz CT molecular complexity index is 932. The highest BCUT2D eigenvalue weighted by atomic mass is 16.4. The minimum absolute atomic E-state index is 0.0623. The van der Waals surface area contributed by atoms with Crippen molar-refractivity contribution >= 4 is 22.8 Å². The smallest absolute Gasteiger partial charge is 0.335 e. The van der Waals surface area contributed by atoms with Crippen LogP contribution in [-0.4, -0.2) is 39.1 Å². The predicted octanol–water partition coefficient (Wildman–Crippen LogP) is 1.70. The molecule has 1 atom stereocenters. The monoisotopic (exact) mass is 325 g/mol. The zero-order chi connectivity index (χ0) is 17.3. The van der Waals surface area contributed by atoms with Crippen LogP contribution in [-0.2, 0) is 0 Å². The van der Waals surface area contributed by atoms with Crippen molar-refractivity contribution < 1.29 is 19.8 Å². The van der Waals surface area contributed by atoms with Gasteiger partial charge in [-0.3, -0.25) is 4.79 Å². The number of amides is 1. The molecule has 0 saturated heterocycles. The number of carboxylic acid groups (broad SMARTS) is 1. The number of hydrogen-bond acceptors (Lipinski definition) is 4. The lowest BCUT2D eigenvalue weighted by Gasteiger charge is -2.14. The third-order valence-corrected chi connectivity index (χ3v) is 3.76. The minimum atomic E-state index is -1.20. The van der Waals surface area contributed by atoms with Gasteiger partial charge in [0.05, 0.1) is 11.3 Å². The fourth-order valence-electron chi connectivity index (χ4n) is 2.57. The second-order valence-corrected chi connectivity index (χ2v) is 5.24. The van der Waals surface area contributed by atoms with Gasteiger partial charge in [-0.25, -0.2) is 9.78 Å². The van der Waals surface area contributed by atoms with Gasteiger partial charge in [0.15, 0.2) is 0 Å². The number of pyridine rings is 1. The molecule has 7 nitrogen and oxygen atoms in total. The van der Waals surface area contributed by atoms with Gasteiger partial charge in [0, 0.05) is 24.1 Å². The zero-order valence-corrected chi connectivity index (χ0v) is 12.8. The first-order chi connectivity index (χ1) is 11.5. The van der Waals surface area contributed by atoms with Crippen molar-refractivity contribution in [3.63, 3.8) is 0 Å². The molecule has 3 rings (SSSR count). The first-order valence-electron chi connectivity index (χ1n) is 7.22. The number of aliphatic hydroxyl groups excluding tert-OH is 1. The standard InChI is InChI=1S/C17H15N3O4/c1-18-16(22)14-8-9(17(23)24)7-13(20-14)15(21)11-3-2-4-12-10(11)5-6-19-12/h2-8,15,19,21H,1H3,(H,18,22)(H,23,24). The molecule has 7 heteroatoms. The molecule has 1 aromatic carbocycles. The summed E-state index contributed by atoms with van der Waals surface area (Å²) in [4.78, 5) is 30.3. The number of aliphatic hydroxyl groups is 1. The van der Waals surface area contributed by atoms with Gasteiger partial charge in [0.2, 0.25) is 0 Å². The third-order valence-electron chi connectivity index (χ3n) is 3.76. The Labute approximate surface area is 137 Å². The normalized spacial score (nSPS) is 12.1. The van der Waals surface area contributed by atoms with Crippen molar-refractivity contribution in [2.24, 2.45) is 0 Å². The molecule has 0 fully saturated rings. The SMILES string of the molecule is CNC(=O)c1cc(C(=O)O)cc(C(O)c2cccc3[nH]ccc23)n1. The molecular formula is C17H15N3O4. The van der Waals surface area contributed by atoms with E-state index in [1.54, 1.807) is 18.3 Å². The molecule has 2 aromatic heterocycles. The van der Waals surface area contributed by atoms with Crippen LogP contribution in [0, 0.1) is 0 Å². The molecule has 0 aliphatic carbocycles. The quantitative estimate of drug-likeness (QED) is 0.583. The number of aromatic carboxylic acids is 1. The van der Waals surface area contributed by atoms with Crippen LogP contribution in [0.3, 0.4) is 0 Å². The topological polar surface area (TPSA) is 115 Å². The Hall–Kier alpha value is -3.19. The molecule has 0 bridgehead atoms. The molecule has 1 unspecified atom stereocenters. The maximum Gasteiger partial charge on any atom is 0.335 e. The molecule has 24 heavy (non-hydrogen) atoms. The number of fused-ring (bicyclic) bond motifs is 1. The van der Waals surface area contributed by atoms with Crippen LogP contribution in [0.5, 0.6) is 0 Å². The molecule has 122 valence electrons. The van der Waals surface area contributed by atoms with Crippen molar-refractivity contribution in [3.05, 3.63) is 65.1 Å². The number of hydrogen-bond donors (Lipinski definition) is 4. The highest BCUT2D eigenvalue weighted by Crippen LogP contribution is 2.28. The van der Waals surface area contributed by atoms with Crippen LogP contribution in [0.4, 0.5) is 0 Å². The average molecular weight is 325 g/mol. The third kappa shape index (κ3) is 2.72. The first kappa shape index (κ1) is 15.7. The number of aromatic amines is 1. The Morgan fingerprint density at radius 3 is 2.75 bits per heavy atom. The summed E-state index contributed by atoms with van der Waals surface area (Å²) in [6.45, 7) is 0. The molecule has 0 aliphatic rings. The predicted molar refractivity (Wildman–Crippen MR) is 86.9 cm³/mol. The number of carboxylic acids is 1. The van der Waals surface area contributed by atoms with Gasteiger partial charge in [-0.2, -0.15) is 0 Å². The summed E-state index contributed by atoms with van der Waals surface area (Å²) in [5.41, 5.74) is 1.34. The molecule has 3 aromatic rings. The van der Waals surface area contributed by atoms with E-state index >= 15 is 0 Å². The van der Waals surface area contributed by atoms with E-state index in [1.807, 2.05) is 12.1 Å². The van der Waals surface area contributed by atoms with Gasteiger partial charge in [0.25, 0.3) is 5.91 Å². The van der Waals surface area contributed by atoms with Gasteiger partial charge in [-0.05, 0) is 29.8 Å². The van der Waals surface area contributed by atoms with E-state index in [0.717, 1.165) is 10.9 Å². The van der Waals surface area contributed by atoms with Crippen LogP contribution in [0.25, 0.3) is 10.9 Å². The summed E-state index contributed by atoms with van der Waals surface area (Å²) in [5.74, 6) is -1.72.